The van der Waals surface area contributed by atoms with Gasteiger partial charge in [-0.3, -0.25) is 4.79 Å². The lowest BCUT2D eigenvalue weighted by Gasteiger charge is -2.33. The van der Waals surface area contributed by atoms with Crippen LogP contribution in [0.25, 0.3) is 0 Å². The number of amides is 4. The zero-order valence-corrected chi connectivity index (χ0v) is 22.9. The molecule has 3 atom stereocenters. The van der Waals surface area contributed by atoms with Crippen molar-refractivity contribution in [2.45, 2.75) is 102 Å². The summed E-state index contributed by atoms with van der Waals surface area (Å²) in [5.41, 5.74) is -0.402. The number of alkyl halides is 5. The number of rotatable bonds is 8. The van der Waals surface area contributed by atoms with E-state index in [-0.39, 0.29) is 18.7 Å². The Morgan fingerprint density at radius 3 is 2.42 bits per heavy atom. The SMILES string of the molecule is CCC[C@H](c1ccnc(NC(=O)[C@@H](NC(=O)OC(C)(C)C)C2CCC(F)(F)CC2)c1)N1C[C@@H](C(F)(F)F)NC1=O. The third-order valence-electron chi connectivity index (χ3n) is 6.88. The van der Waals surface area contributed by atoms with Crippen molar-refractivity contribution >= 4 is 23.8 Å². The van der Waals surface area contributed by atoms with Gasteiger partial charge in [-0.1, -0.05) is 13.3 Å². The number of anilines is 1. The van der Waals surface area contributed by atoms with Gasteiger partial charge >= 0.3 is 18.3 Å². The van der Waals surface area contributed by atoms with E-state index in [1.807, 2.05) is 12.2 Å². The number of hydrogen-bond acceptors (Lipinski definition) is 5. The Hall–Kier alpha value is -3.19. The minimum atomic E-state index is -4.60. The Morgan fingerprint density at radius 1 is 1.23 bits per heavy atom. The number of nitrogens with one attached hydrogen (secondary N) is 3. The van der Waals surface area contributed by atoms with Gasteiger partial charge in [0.15, 0.2) is 0 Å². The third kappa shape index (κ3) is 8.40. The zero-order chi connectivity index (χ0) is 29.9. The Balaban J connectivity index is 1.80. The number of carbonyl (C=O) groups excluding carboxylic acids is 3. The summed E-state index contributed by atoms with van der Waals surface area (Å²) in [7, 11) is 0. The summed E-state index contributed by atoms with van der Waals surface area (Å²) < 4.78 is 72.6. The molecule has 1 aromatic rings. The minimum absolute atomic E-state index is 0.00261. The highest BCUT2D eigenvalue weighted by molar-refractivity contribution is 5.96. The Kier molecular flexibility index (Phi) is 9.50. The van der Waals surface area contributed by atoms with E-state index in [1.54, 1.807) is 26.8 Å². The standard InChI is InChI=1S/C26H36F5N5O4/c1-5-6-17(36-14-18(26(29,30)31)33-22(36)38)16-9-12-32-19(13-16)34-21(37)20(35-23(39)40-24(2,3)4)15-7-10-25(27,28)11-8-15/h9,12-13,15,17-18,20H,5-8,10-11,14H2,1-4H3,(H,33,38)(H,35,39)(H,32,34,37)/t17-,18+,20+/m1/s1. The van der Waals surface area contributed by atoms with Gasteiger partial charge in [0.25, 0.3) is 0 Å². The highest BCUT2D eigenvalue weighted by Gasteiger charge is 2.48. The first-order chi connectivity index (χ1) is 18.5. The molecule has 0 spiro atoms. The number of alkyl carbamates (subject to hydrolysis) is 1. The molecule has 1 saturated heterocycles. The van der Waals surface area contributed by atoms with Gasteiger partial charge in [0.2, 0.25) is 11.8 Å². The normalized spacial score (nSPS) is 21.4. The van der Waals surface area contributed by atoms with E-state index in [2.05, 4.69) is 15.6 Å². The molecule has 1 aliphatic carbocycles. The molecule has 1 aliphatic heterocycles. The van der Waals surface area contributed by atoms with Crippen molar-refractivity contribution in [3.05, 3.63) is 23.9 Å². The lowest BCUT2D eigenvalue weighted by atomic mass is 9.81. The summed E-state index contributed by atoms with van der Waals surface area (Å²) in [5.74, 6) is -4.10. The lowest BCUT2D eigenvalue weighted by Crippen LogP contribution is -2.51. The average molecular weight is 578 g/mol. The smallest absolute Gasteiger partial charge is 0.410 e. The van der Waals surface area contributed by atoms with Crippen molar-refractivity contribution in [1.82, 2.24) is 20.5 Å². The lowest BCUT2D eigenvalue weighted by molar-refractivity contribution is -0.150. The molecule has 0 radical (unpaired) electrons. The van der Waals surface area contributed by atoms with Gasteiger partial charge in [-0.2, -0.15) is 13.2 Å². The van der Waals surface area contributed by atoms with Crippen LogP contribution < -0.4 is 16.0 Å². The van der Waals surface area contributed by atoms with Crippen LogP contribution in [-0.4, -0.2) is 64.2 Å². The monoisotopic (exact) mass is 577 g/mol. The van der Waals surface area contributed by atoms with E-state index >= 15 is 0 Å². The van der Waals surface area contributed by atoms with Crippen LogP contribution in [0.4, 0.5) is 37.4 Å². The van der Waals surface area contributed by atoms with Crippen LogP contribution in [0, 0.1) is 5.92 Å². The van der Waals surface area contributed by atoms with Crippen LogP contribution >= 0.6 is 0 Å². The number of urea groups is 1. The molecule has 14 heteroatoms. The first kappa shape index (κ1) is 31.3. The van der Waals surface area contributed by atoms with Gasteiger partial charge in [0, 0.05) is 19.0 Å². The van der Waals surface area contributed by atoms with E-state index in [9.17, 15) is 36.3 Å². The van der Waals surface area contributed by atoms with Crippen LogP contribution in [0.15, 0.2) is 18.3 Å². The van der Waals surface area contributed by atoms with E-state index in [4.69, 9.17) is 4.74 Å². The van der Waals surface area contributed by atoms with Crippen LogP contribution in [-0.2, 0) is 9.53 Å². The molecule has 40 heavy (non-hydrogen) atoms. The third-order valence-corrected chi connectivity index (χ3v) is 6.88. The van der Waals surface area contributed by atoms with Gasteiger partial charge < -0.3 is 25.6 Å². The molecule has 0 unspecified atom stereocenters. The summed E-state index contributed by atoms with van der Waals surface area (Å²) in [4.78, 5) is 43.5. The van der Waals surface area contributed by atoms with Crippen LogP contribution in [0.3, 0.4) is 0 Å². The number of carbonyl (C=O) groups is 3. The first-order valence-corrected chi connectivity index (χ1v) is 13.3. The van der Waals surface area contributed by atoms with Gasteiger partial charge in [-0.15, -0.1) is 0 Å². The van der Waals surface area contributed by atoms with Crippen molar-refractivity contribution in [1.29, 1.82) is 0 Å². The van der Waals surface area contributed by atoms with Crippen molar-refractivity contribution in [3.63, 3.8) is 0 Å². The number of pyridine rings is 1. The fraction of sp³-hybridized carbons (Fsp3) is 0.692. The molecular weight excluding hydrogens is 541 g/mol. The molecule has 1 aromatic heterocycles. The number of ether oxygens (including phenoxy) is 1. The van der Waals surface area contributed by atoms with Crippen molar-refractivity contribution in [2.24, 2.45) is 5.92 Å². The summed E-state index contributed by atoms with van der Waals surface area (Å²) >= 11 is 0. The zero-order valence-electron chi connectivity index (χ0n) is 22.9. The molecule has 0 bridgehead atoms. The van der Waals surface area contributed by atoms with Crippen LogP contribution in [0.1, 0.15) is 77.8 Å². The highest BCUT2D eigenvalue weighted by Crippen LogP contribution is 2.38. The first-order valence-electron chi connectivity index (χ1n) is 13.3. The topological polar surface area (TPSA) is 113 Å². The summed E-state index contributed by atoms with van der Waals surface area (Å²) in [6.07, 6.45) is -4.08. The molecule has 3 rings (SSSR count). The molecule has 2 aliphatic rings. The molecular formula is C26H36F5N5O4. The Morgan fingerprint density at radius 2 is 1.88 bits per heavy atom. The second-order valence-corrected chi connectivity index (χ2v) is 11.3. The van der Waals surface area contributed by atoms with E-state index in [0.717, 1.165) is 4.90 Å². The maximum absolute atomic E-state index is 13.8. The maximum atomic E-state index is 13.8. The maximum Gasteiger partial charge on any atom is 0.410 e. The highest BCUT2D eigenvalue weighted by atomic mass is 19.4. The van der Waals surface area contributed by atoms with E-state index in [0.29, 0.717) is 18.4 Å². The number of nitrogens with zero attached hydrogens (tertiary/aromatic N) is 2. The van der Waals surface area contributed by atoms with Gasteiger partial charge in [-0.25, -0.2) is 23.4 Å². The van der Waals surface area contributed by atoms with Crippen molar-refractivity contribution in [2.75, 3.05) is 11.9 Å². The summed E-state index contributed by atoms with van der Waals surface area (Å²) in [5, 5.41) is 7.06. The number of hydrogen-bond donors (Lipinski definition) is 3. The number of aromatic nitrogens is 1. The van der Waals surface area contributed by atoms with Gasteiger partial charge in [0.1, 0.15) is 23.5 Å². The summed E-state index contributed by atoms with van der Waals surface area (Å²) in [6.45, 7) is 6.19. The minimum Gasteiger partial charge on any atom is -0.444 e. The second-order valence-electron chi connectivity index (χ2n) is 11.3. The largest absolute Gasteiger partial charge is 0.444 e. The van der Waals surface area contributed by atoms with Gasteiger partial charge in [-0.05, 0) is 63.6 Å². The Bertz CT molecular complexity index is 1070. The second kappa shape index (κ2) is 12.1. The average Bonchev–Trinajstić information content (AvgIpc) is 3.22. The molecule has 0 aromatic carbocycles. The molecule has 9 nitrogen and oxygen atoms in total. The molecule has 3 N–H and O–H groups in total. The molecule has 1 saturated carbocycles. The fourth-order valence-corrected chi connectivity index (χ4v) is 4.94. The summed E-state index contributed by atoms with van der Waals surface area (Å²) in [6, 6.07) is -1.76. The molecule has 224 valence electrons. The van der Waals surface area contributed by atoms with Crippen LogP contribution in [0.2, 0.25) is 0 Å². The quantitative estimate of drug-likeness (QED) is 0.352. The predicted molar refractivity (Wildman–Crippen MR) is 136 cm³/mol. The molecule has 4 amide bonds. The van der Waals surface area contributed by atoms with Crippen molar-refractivity contribution < 1.29 is 41.1 Å². The number of halogens is 5. The molecule has 2 fully saturated rings. The molecule has 2 heterocycles. The Labute approximate surface area is 229 Å². The van der Waals surface area contributed by atoms with E-state index in [1.165, 1.54) is 12.3 Å². The van der Waals surface area contributed by atoms with Crippen LogP contribution in [0.5, 0.6) is 0 Å². The fourth-order valence-electron chi connectivity index (χ4n) is 4.94. The van der Waals surface area contributed by atoms with Gasteiger partial charge in [0.05, 0.1) is 12.6 Å². The predicted octanol–water partition coefficient (Wildman–Crippen LogP) is 5.54. The van der Waals surface area contributed by atoms with Crippen molar-refractivity contribution in [3.8, 4) is 0 Å². The van der Waals surface area contributed by atoms with E-state index < -0.39 is 79.2 Å².